The number of para-hydroxylation sites is 1. The molecule has 0 radical (unpaired) electrons. The zero-order chi connectivity index (χ0) is 19.6. The molecular formula is C20H23ClN2O3S. The van der Waals surface area contributed by atoms with Crippen LogP contribution in [0.3, 0.4) is 0 Å². The maximum atomic E-state index is 12.7. The van der Waals surface area contributed by atoms with Gasteiger partial charge in [-0.05, 0) is 36.6 Å². The van der Waals surface area contributed by atoms with E-state index in [2.05, 4.69) is 10.6 Å². The van der Waals surface area contributed by atoms with Crippen LogP contribution in [0.4, 0.5) is 0 Å². The highest BCUT2D eigenvalue weighted by molar-refractivity contribution is 7.98. The molecule has 0 aliphatic carbocycles. The van der Waals surface area contributed by atoms with Crippen LogP contribution < -0.4 is 15.4 Å². The summed E-state index contributed by atoms with van der Waals surface area (Å²) in [6, 6.07) is 13.6. The third-order valence-electron chi connectivity index (χ3n) is 4.00. The van der Waals surface area contributed by atoms with Crippen molar-refractivity contribution in [1.82, 2.24) is 10.6 Å². The van der Waals surface area contributed by atoms with E-state index in [1.54, 1.807) is 43.1 Å². The maximum absolute atomic E-state index is 12.7. The summed E-state index contributed by atoms with van der Waals surface area (Å²) >= 11 is 7.70. The Labute approximate surface area is 168 Å². The van der Waals surface area contributed by atoms with E-state index in [0.717, 1.165) is 11.3 Å². The number of carbonyl (C=O) groups is 2. The topological polar surface area (TPSA) is 67.4 Å². The molecule has 0 saturated heterocycles. The van der Waals surface area contributed by atoms with Gasteiger partial charge in [0.2, 0.25) is 5.91 Å². The number of benzene rings is 2. The summed E-state index contributed by atoms with van der Waals surface area (Å²) < 4.78 is 5.30. The predicted molar refractivity (Wildman–Crippen MR) is 111 cm³/mol. The molecule has 0 fully saturated rings. The monoisotopic (exact) mass is 406 g/mol. The van der Waals surface area contributed by atoms with Gasteiger partial charge in [-0.3, -0.25) is 9.59 Å². The fraction of sp³-hybridized carbons (Fsp3) is 0.300. The van der Waals surface area contributed by atoms with Crippen LogP contribution in [0, 0.1) is 0 Å². The first-order valence-electron chi connectivity index (χ1n) is 8.50. The van der Waals surface area contributed by atoms with Crippen molar-refractivity contribution in [3.8, 4) is 5.75 Å². The number of amides is 2. The summed E-state index contributed by atoms with van der Waals surface area (Å²) in [4.78, 5) is 25.2. The number of hydrogen-bond acceptors (Lipinski definition) is 4. The van der Waals surface area contributed by atoms with Crippen molar-refractivity contribution in [2.75, 3.05) is 19.1 Å². The fourth-order valence-corrected chi connectivity index (χ4v) is 3.23. The molecule has 1 atom stereocenters. The molecule has 0 spiro atoms. The molecule has 0 aliphatic heterocycles. The van der Waals surface area contributed by atoms with E-state index < -0.39 is 6.04 Å². The number of nitrogens with one attached hydrogen (secondary N) is 2. The molecule has 0 bridgehead atoms. The van der Waals surface area contributed by atoms with Crippen LogP contribution in [0.25, 0.3) is 0 Å². The third kappa shape index (κ3) is 6.19. The summed E-state index contributed by atoms with van der Waals surface area (Å²) in [7, 11) is 1.59. The highest BCUT2D eigenvalue weighted by atomic mass is 35.5. The molecule has 144 valence electrons. The van der Waals surface area contributed by atoms with Crippen molar-refractivity contribution < 1.29 is 14.3 Å². The van der Waals surface area contributed by atoms with Crippen LogP contribution in [0.1, 0.15) is 22.3 Å². The Balaban J connectivity index is 2.04. The van der Waals surface area contributed by atoms with Gasteiger partial charge in [-0.1, -0.05) is 41.9 Å². The van der Waals surface area contributed by atoms with Gasteiger partial charge in [-0.15, -0.1) is 0 Å². The summed E-state index contributed by atoms with van der Waals surface area (Å²) in [5, 5.41) is 6.03. The first-order valence-corrected chi connectivity index (χ1v) is 10.3. The number of thioether (sulfide) groups is 1. The van der Waals surface area contributed by atoms with E-state index in [0.29, 0.717) is 29.3 Å². The average molecular weight is 407 g/mol. The zero-order valence-electron chi connectivity index (χ0n) is 15.3. The third-order valence-corrected chi connectivity index (χ3v) is 4.97. The minimum absolute atomic E-state index is 0.240. The van der Waals surface area contributed by atoms with Gasteiger partial charge in [-0.25, -0.2) is 0 Å². The number of hydrogen-bond donors (Lipinski definition) is 2. The number of methoxy groups -OCH3 is 1. The standard InChI is InChI=1S/C20H23ClN2O3S/c1-26-18-10-6-3-7-14(18)13-22-20(25)17(11-12-27-2)23-19(24)15-8-4-5-9-16(15)21/h3-10,17H,11-13H2,1-2H3,(H,22,25)(H,23,24). The van der Waals surface area contributed by atoms with Crippen LogP contribution in [-0.4, -0.2) is 37.0 Å². The molecule has 0 saturated carbocycles. The Bertz CT molecular complexity index is 785. The second kappa shape index (κ2) is 10.8. The molecule has 2 aromatic carbocycles. The van der Waals surface area contributed by atoms with E-state index in [4.69, 9.17) is 16.3 Å². The number of ether oxygens (including phenoxy) is 1. The van der Waals surface area contributed by atoms with E-state index >= 15 is 0 Å². The van der Waals surface area contributed by atoms with Crippen molar-refractivity contribution in [3.05, 3.63) is 64.7 Å². The number of carbonyl (C=O) groups excluding carboxylic acids is 2. The van der Waals surface area contributed by atoms with Gasteiger partial charge in [0.05, 0.1) is 17.7 Å². The van der Waals surface area contributed by atoms with Gasteiger partial charge in [0.15, 0.2) is 0 Å². The summed E-state index contributed by atoms with van der Waals surface area (Å²) in [6.45, 7) is 0.320. The van der Waals surface area contributed by atoms with Gasteiger partial charge in [0.25, 0.3) is 5.91 Å². The Morgan fingerprint density at radius 1 is 1.15 bits per heavy atom. The van der Waals surface area contributed by atoms with Gasteiger partial charge in [0.1, 0.15) is 11.8 Å². The van der Waals surface area contributed by atoms with E-state index in [-0.39, 0.29) is 11.8 Å². The summed E-state index contributed by atoms with van der Waals surface area (Å²) in [5.74, 6) is 0.850. The largest absolute Gasteiger partial charge is 0.496 e. The molecule has 0 heterocycles. The molecule has 1 unspecified atom stereocenters. The highest BCUT2D eigenvalue weighted by Crippen LogP contribution is 2.17. The minimum atomic E-state index is -0.643. The SMILES string of the molecule is COc1ccccc1CNC(=O)C(CCSC)NC(=O)c1ccccc1Cl. The lowest BCUT2D eigenvalue weighted by Crippen LogP contribution is -2.47. The van der Waals surface area contributed by atoms with Crippen LogP contribution in [0.15, 0.2) is 48.5 Å². The highest BCUT2D eigenvalue weighted by Gasteiger charge is 2.22. The van der Waals surface area contributed by atoms with Crippen molar-refractivity contribution in [1.29, 1.82) is 0 Å². The normalized spacial score (nSPS) is 11.5. The van der Waals surface area contributed by atoms with E-state index in [1.165, 1.54) is 0 Å². The lowest BCUT2D eigenvalue weighted by Gasteiger charge is -2.19. The quantitative estimate of drug-likeness (QED) is 0.668. The van der Waals surface area contributed by atoms with Crippen molar-refractivity contribution in [2.24, 2.45) is 0 Å². The Morgan fingerprint density at radius 3 is 2.56 bits per heavy atom. The fourth-order valence-electron chi connectivity index (χ4n) is 2.54. The molecule has 5 nitrogen and oxygen atoms in total. The molecule has 2 aromatic rings. The van der Waals surface area contributed by atoms with Crippen molar-refractivity contribution in [2.45, 2.75) is 19.0 Å². The van der Waals surface area contributed by atoms with Gasteiger partial charge >= 0.3 is 0 Å². The van der Waals surface area contributed by atoms with Crippen LogP contribution in [0.2, 0.25) is 5.02 Å². The number of halogens is 1. The van der Waals surface area contributed by atoms with Crippen molar-refractivity contribution in [3.63, 3.8) is 0 Å². The maximum Gasteiger partial charge on any atom is 0.253 e. The molecular weight excluding hydrogens is 384 g/mol. The average Bonchev–Trinajstić information content (AvgIpc) is 2.69. The second-order valence-electron chi connectivity index (χ2n) is 5.82. The first kappa shape index (κ1) is 21.1. The number of rotatable bonds is 9. The molecule has 27 heavy (non-hydrogen) atoms. The lowest BCUT2D eigenvalue weighted by molar-refractivity contribution is -0.123. The molecule has 2 N–H and O–H groups in total. The molecule has 2 amide bonds. The molecule has 2 rings (SSSR count). The summed E-state index contributed by atoms with van der Waals surface area (Å²) in [6.07, 6.45) is 2.48. The zero-order valence-corrected chi connectivity index (χ0v) is 16.9. The summed E-state index contributed by atoms with van der Waals surface area (Å²) in [5.41, 5.74) is 1.22. The van der Waals surface area contributed by atoms with Crippen molar-refractivity contribution >= 4 is 35.2 Å². The van der Waals surface area contributed by atoms with Crippen LogP contribution in [-0.2, 0) is 11.3 Å². The Hall–Kier alpha value is -2.18. The Kier molecular flexibility index (Phi) is 8.48. The van der Waals surface area contributed by atoms with Gasteiger partial charge in [-0.2, -0.15) is 11.8 Å². The van der Waals surface area contributed by atoms with Gasteiger partial charge in [0, 0.05) is 12.1 Å². The van der Waals surface area contributed by atoms with Crippen LogP contribution in [0.5, 0.6) is 5.75 Å². The minimum Gasteiger partial charge on any atom is -0.496 e. The van der Waals surface area contributed by atoms with E-state index in [9.17, 15) is 9.59 Å². The Morgan fingerprint density at radius 2 is 1.85 bits per heavy atom. The first-order chi connectivity index (χ1) is 13.1. The molecule has 0 aromatic heterocycles. The van der Waals surface area contributed by atoms with Crippen LogP contribution >= 0.6 is 23.4 Å². The predicted octanol–water partition coefficient (Wildman–Crippen LogP) is 3.52. The van der Waals surface area contributed by atoms with E-state index in [1.807, 2.05) is 30.5 Å². The molecule has 0 aliphatic rings. The smallest absolute Gasteiger partial charge is 0.253 e. The second-order valence-corrected chi connectivity index (χ2v) is 7.21. The molecule has 7 heteroatoms. The van der Waals surface area contributed by atoms with Gasteiger partial charge < -0.3 is 15.4 Å². The lowest BCUT2D eigenvalue weighted by atomic mass is 10.1.